The van der Waals surface area contributed by atoms with Crippen molar-refractivity contribution >= 4 is 11.6 Å². The highest BCUT2D eigenvalue weighted by Gasteiger charge is 2.14. The quantitative estimate of drug-likeness (QED) is 0.933. The Bertz CT molecular complexity index is 572. The van der Waals surface area contributed by atoms with Gasteiger partial charge < -0.3 is 5.32 Å². The molecule has 0 bridgehead atoms. The molecule has 0 unspecified atom stereocenters. The average Bonchev–Trinajstić information content (AvgIpc) is 2.62. The maximum Gasteiger partial charge on any atom is 0.129 e. The highest BCUT2D eigenvalue weighted by molar-refractivity contribution is 6.31. The van der Waals surface area contributed by atoms with Crippen LogP contribution in [0, 0.1) is 19.7 Å². The number of benzene rings is 1. The zero-order valence-corrected chi connectivity index (χ0v) is 12.1. The lowest BCUT2D eigenvalue weighted by molar-refractivity contribution is 0.578. The normalized spacial score (nSPS) is 11.0. The standard InChI is InChI=1S/C14H17ClFN3/c1-9-11(7-17-3)10(2)19(18-9)8-12-13(15)5-4-6-14(12)16/h4-6,17H,7-8H2,1-3H3. The van der Waals surface area contributed by atoms with Crippen molar-refractivity contribution in [1.82, 2.24) is 15.1 Å². The van der Waals surface area contributed by atoms with Gasteiger partial charge in [0.15, 0.2) is 0 Å². The summed E-state index contributed by atoms with van der Waals surface area (Å²) in [5.74, 6) is -0.296. The van der Waals surface area contributed by atoms with Crippen LogP contribution in [0.25, 0.3) is 0 Å². The molecule has 0 fully saturated rings. The predicted octanol–water partition coefficient (Wildman–Crippen LogP) is 3.06. The van der Waals surface area contributed by atoms with E-state index in [0.717, 1.165) is 23.5 Å². The van der Waals surface area contributed by atoms with E-state index in [-0.39, 0.29) is 5.82 Å². The topological polar surface area (TPSA) is 29.9 Å². The van der Waals surface area contributed by atoms with Crippen LogP contribution in [0.15, 0.2) is 18.2 Å². The molecule has 0 aliphatic heterocycles. The third-order valence-corrected chi connectivity index (χ3v) is 3.61. The number of hydrogen-bond donors (Lipinski definition) is 1. The SMILES string of the molecule is CNCc1c(C)nn(Cc2c(F)cccc2Cl)c1C. The summed E-state index contributed by atoms with van der Waals surface area (Å²) < 4.78 is 15.6. The molecule has 2 rings (SSSR count). The minimum absolute atomic E-state index is 0.296. The fourth-order valence-corrected chi connectivity index (χ4v) is 2.38. The predicted molar refractivity (Wildman–Crippen MR) is 75.0 cm³/mol. The Labute approximate surface area is 117 Å². The van der Waals surface area contributed by atoms with E-state index in [0.29, 0.717) is 17.1 Å². The molecule has 0 atom stereocenters. The molecule has 3 nitrogen and oxygen atoms in total. The minimum Gasteiger partial charge on any atom is -0.316 e. The van der Waals surface area contributed by atoms with Crippen LogP contribution in [0.4, 0.5) is 4.39 Å². The largest absolute Gasteiger partial charge is 0.316 e. The highest BCUT2D eigenvalue weighted by Crippen LogP contribution is 2.22. The smallest absolute Gasteiger partial charge is 0.129 e. The number of halogens is 2. The molecule has 1 N–H and O–H groups in total. The van der Waals surface area contributed by atoms with E-state index in [1.165, 1.54) is 6.07 Å². The molecule has 19 heavy (non-hydrogen) atoms. The van der Waals surface area contributed by atoms with Gasteiger partial charge in [-0.05, 0) is 33.0 Å². The summed E-state index contributed by atoms with van der Waals surface area (Å²) in [7, 11) is 1.89. The van der Waals surface area contributed by atoms with Gasteiger partial charge in [0, 0.05) is 28.4 Å². The summed E-state index contributed by atoms with van der Waals surface area (Å²) in [6.45, 7) is 5.05. The first-order chi connectivity index (χ1) is 9.04. The molecule has 0 aliphatic rings. The summed E-state index contributed by atoms with van der Waals surface area (Å²) in [6.07, 6.45) is 0. The maximum atomic E-state index is 13.8. The number of nitrogens with one attached hydrogen (secondary N) is 1. The van der Waals surface area contributed by atoms with Gasteiger partial charge in [0.2, 0.25) is 0 Å². The second-order valence-electron chi connectivity index (χ2n) is 4.54. The third-order valence-electron chi connectivity index (χ3n) is 3.25. The van der Waals surface area contributed by atoms with Crippen molar-refractivity contribution in [3.05, 3.63) is 51.6 Å². The average molecular weight is 282 g/mol. The Morgan fingerprint density at radius 2 is 2.05 bits per heavy atom. The summed E-state index contributed by atoms with van der Waals surface area (Å²) in [6, 6.07) is 4.72. The van der Waals surface area contributed by atoms with Gasteiger partial charge in [0.25, 0.3) is 0 Å². The second-order valence-corrected chi connectivity index (χ2v) is 4.94. The number of aryl methyl sites for hydroxylation is 1. The van der Waals surface area contributed by atoms with Crippen LogP contribution in [-0.4, -0.2) is 16.8 Å². The molecular formula is C14H17ClFN3. The Morgan fingerprint density at radius 3 is 2.68 bits per heavy atom. The molecule has 0 amide bonds. The molecule has 102 valence electrons. The van der Waals surface area contributed by atoms with Crippen molar-refractivity contribution in [3.63, 3.8) is 0 Å². The molecule has 1 aromatic carbocycles. The van der Waals surface area contributed by atoms with Crippen LogP contribution < -0.4 is 5.32 Å². The van der Waals surface area contributed by atoms with Crippen molar-refractivity contribution in [2.75, 3.05) is 7.05 Å². The highest BCUT2D eigenvalue weighted by atomic mass is 35.5. The van der Waals surface area contributed by atoms with E-state index < -0.39 is 0 Å². The van der Waals surface area contributed by atoms with Gasteiger partial charge >= 0.3 is 0 Å². The molecule has 0 radical (unpaired) electrons. The van der Waals surface area contributed by atoms with Crippen LogP contribution in [0.2, 0.25) is 5.02 Å². The zero-order chi connectivity index (χ0) is 14.0. The van der Waals surface area contributed by atoms with Crippen molar-refractivity contribution in [2.45, 2.75) is 26.9 Å². The second kappa shape index (κ2) is 5.72. The number of rotatable bonds is 4. The lowest BCUT2D eigenvalue weighted by Gasteiger charge is -2.08. The molecule has 1 heterocycles. The molecule has 1 aromatic heterocycles. The summed E-state index contributed by atoms with van der Waals surface area (Å²) in [4.78, 5) is 0. The Morgan fingerprint density at radius 1 is 1.32 bits per heavy atom. The molecule has 0 saturated heterocycles. The molecule has 2 aromatic rings. The van der Waals surface area contributed by atoms with Crippen LogP contribution >= 0.6 is 11.6 Å². The summed E-state index contributed by atoms with van der Waals surface area (Å²) in [5, 5.41) is 8.00. The van der Waals surface area contributed by atoms with Gasteiger partial charge in [-0.3, -0.25) is 4.68 Å². The van der Waals surface area contributed by atoms with Crippen molar-refractivity contribution in [1.29, 1.82) is 0 Å². The molecule has 5 heteroatoms. The first-order valence-electron chi connectivity index (χ1n) is 6.15. The van der Waals surface area contributed by atoms with Gasteiger partial charge in [-0.15, -0.1) is 0 Å². The Balaban J connectivity index is 2.36. The zero-order valence-electron chi connectivity index (χ0n) is 11.3. The van der Waals surface area contributed by atoms with Gasteiger partial charge in [-0.1, -0.05) is 17.7 Å². The van der Waals surface area contributed by atoms with Crippen LogP contribution in [0.3, 0.4) is 0 Å². The Hall–Kier alpha value is -1.39. The first-order valence-corrected chi connectivity index (χ1v) is 6.52. The van der Waals surface area contributed by atoms with Gasteiger partial charge in [-0.2, -0.15) is 5.10 Å². The van der Waals surface area contributed by atoms with E-state index in [1.54, 1.807) is 16.8 Å². The van der Waals surface area contributed by atoms with E-state index >= 15 is 0 Å². The van der Waals surface area contributed by atoms with Crippen LogP contribution in [0.1, 0.15) is 22.5 Å². The van der Waals surface area contributed by atoms with Gasteiger partial charge in [-0.25, -0.2) is 4.39 Å². The van der Waals surface area contributed by atoms with E-state index in [4.69, 9.17) is 11.6 Å². The summed E-state index contributed by atoms with van der Waals surface area (Å²) in [5.41, 5.74) is 3.62. The monoisotopic (exact) mass is 281 g/mol. The molecular weight excluding hydrogens is 265 g/mol. The van der Waals surface area contributed by atoms with Crippen LogP contribution in [-0.2, 0) is 13.1 Å². The van der Waals surface area contributed by atoms with Crippen LogP contribution in [0.5, 0.6) is 0 Å². The van der Waals surface area contributed by atoms with Crippen molar-refractivity contribution in [3.8, 4) is 0 Å². The summed E-state index contributed by atoms with van der Waals surface area (Å²) >= 11 is 6.05. The van der Waals surface area contributed by atoms with Crippen molar-refractivity contribution in [2.24, 2.45) is 0 Å². The maximum absolute atomic E-state index is 13.8. The van der Waals surface area contributed by atoms with Crippen molar-refractivity contribution < 1.29 is 4.39 Å². The Kier molecular flexibility index (Phi) is 4.22. The fourth-order valence-electron chi connectivity index (χ4n) is 2.15. The third kappa shape index (κ3) is 2.80. The van der Waals surface area contributed by atoms with Gasteiger partial charge in [0.1, 0.15) is 5.82 Å². The first kappa shape index (κ1) is 14.0. The van der Waals surface area contributed by atoms with E-state index in [9.17, 15) is 4.39 Å². The lowest BCUT2D eigenvalue weighted by atomic mass is 10.2. The molecule has 0 spiro atoms. The fraction of sp³-hybridized carbons (Fsp3) is 0.357. The minimum atomic E-state index is -0.296. The molecule has 0 saturated carbocycles. The van der Waals surface area contributed by atoms with E-state index in [2.05, 4.69) is 10.4 Å². The van der Waals surface area contributed by atoms with Gasteiger partial charge in [0.05, 0.1) is 12.2 Å². The lowest BCUT2D eigenvalue weighted by Crippen LogP contribution is -2.09. The number of nitrogens with zero attached hydrogens (tertiary/aromatic N) is 2. The van der Waals surface area contributed by atoms with E-state index in [1.807, 2.05) is 20.9 Å². The number of hydrogen-bond acceptors (Lipinski definition) is 2. The molecule has 0 aliphatic carbocycles. The number of aromatic nitrogens is 2.